The van der Waals surface area contributed by atoms with E-state index in [0.29, 0.717) is 5.56 Å². The Labute approximate surface area is 99.5 Å². The molecule has 4 heteroatoms. The summed E-state index contributed by atoms with van der Waals surface area (Å²) in [6.45, 7) is 0.974. The Kier molecular flexibility index (Phi) is 3.84. The van der Waals surface area contributed by atoms with Crippen LogP contribution in [0.5, 0.6) is 0 Å². The van der Waals surface area contributed by atoms with Crippen LogP contribution >= 0.6 is 11.8 Å². The van der Waals surface area contributed by atoms with Gasteiger partial charge in [0.1, 0.15) is 5.82 Å². The molecule has 0 aliphatic carbocycles. The second kappa shape index (κ2) is 5.17. The number of aliphatic hydroxyl groups excluding tert-OH is 1. The van der Waals surface area contributed by atoms with Crippen molar-refractivity contribution in [3.63, 3.8) is 0 Å². The van der Waals surface area contributed by atoms with Crippen molar-refractivity contribution < 1.29 is 9.50 Å². The minimum atomic E-state index is -0.603. The van der Waals surface area contributed by atoms with Gasteiger partial charge in [-0.15, -0.1) is 0 Å². The SMILES string of the molecule is CN1CCSCC1C(O)c1cccc(F)c1. The topological polar surface area (TPSA) is 23.5 Å². The molecule has 0 bridgehead atoms. The minimum absolute atomic E-state index is 0.0838. The van der Waals surface area contributed by atoms with Crippen molar-refractivity contribution >= 4 is 11.8 Å². The van der Waals surface area contributed by atoms with E-state index in [-0.39, 0.29) is 11.9 Å². The molecule has 88 valence electrons. The zero-order valence-electron chi connectivity index (χ0n) is 9.27. The molecular formula is C12H16FNOS. The molecule has 2 unspecified atom stereocenters. The van der Waals surface area contributed by atoms with Crippen molar-refractivity contribution in [3.8, 4) is 0 Å². The molecule has 1 aromatic rings. The Hall–Kier alpha value is -0.580. The fourth-order valence-corrected chi connectivity index (χ4v) is 3.21. The highest BCUT2D eigenvalue weighted by Gasteiger charge is 2.27. The number of likely N-dealkylation sites (N-methyl/N-ethyl adjacent to an activating group) is 1. The molecule has 0 amide bonds. The van der Waals surface area contributed by atoms with Crippen LogP contribution in [-0.4, -0.2) is 41.1 Å². The molecule has 16 heavy (non-hydrogen) atoms. The van der Waals surface area contributed by atoms with Crippen molar-refractivity contribution in [2.75, 3.05) is 25.1 Å². The van der Waals surface area contributed by atoms with E-state index >= 15 is 0 Å². The summed E-state index contributed by atoms with van der Waals surface area (Å²) < 4.78 is 13.1. The molecule has 1 heterocycles. The van der Waals surface area contributed by atoms with Gasteiger partial charge in [-0.2, -0.15) is 11.8 Å². The molecule has 0 radical (unpaired) electrons. The average Bonchev–Trinajstić information content (AvgIpc) is 2.29. The summed E-state index contributed by atoms with van der Waals surface area (Å²) in [5.74, 6) is 1.71. The van der Waals surface area contributed by atoms with Crippen molar-refractivity contribution in [2.24, 2.45) is 0 Å². The number of halogens is 1. The number of nitrogens with zero attached hydrogens (tertiary/aromatic N) is 1. The molecule has 1 aliphatic rings. The molecule has 1 saturated heterocycles. The third kappa shape index (κ3) is 2.56. The van der Waals surface area contributed by atoms with E-state index in [2.05, 4.69) is 4.90 Å². The van der Waals surface area contributed by atoms with Gasteiger partial charge in [-0.3, -0.25) is 4.90 Å². The van der Waals surface area contributed by atoms with E-state index in [0.717, 1.165) is 18.1 Å². The summed E-state index contributed by atoms with van der Waals surface area (Å²) in [4.78, 5) is 2.14. The summed E-state index contributed by atoms with van der Waals surface area (Å²) in [5, 5.41) is 10.2. The maximum absolute atomic E-state index is 13.1. The molecule has 0 spiro atoms. The lowest BCUT2D eigenvalue weighted by Gasteiger charge is -2.35. The Bertz CT molecular complexity index is 361. The summed E-state index contributed by atoms with van der Waals surface area (Å²) in [6.07, 6.45) is -0.603. The van der Waals surface area contributed by atoms with Gasteiger partial charge in [0.05, 0.1) is 6.10 Å². The smallest absolute Gasteiger partial charge is 0.123 e. The minimum Gasteiger partial charge on any atom is -0.387 e. The molecule has 2 atom stereocenters. The van der Waals surface area contributed by atoms with Crippen molar-refractivity contribution in [2.45, 2.75) is 12.1 Å². The van der Waals surface area contributed by atoms with E-state index in [9.17, 15) is 9.50 Å². The number of aliphatic hydroxyl groups is 1. The summed E-state index contributed by atoms with van der Waals surface area (Å²) in [5.41, 5.74) is 0.666. The second-order valence-electron chi connectivity index (χ2n) is 4.12. The quantitative estimate of drug-likeness (QED) is 0.855. The van der Waals surface area contributed by atoms with Crippen LogP contribution in [-0.2, 0) is 0 Å². The van der Waals surface area contributed by atoms with E-state index in [4.69, 9.17) is 0 Å². The monoisotopic (exact) mass is 241 g/mol. The molecule has 2 rings (SSSR count). The third-order valence-electron chi connectivity index (χ3n) is 3.00. The van der Waals surface area contributed by atoms with Crippen molar-refractivity contribution in [1.82, 2.24) is 4.90 Å². The maximum atomic E-state index is 13.1. The van der Waals surface area contributed by atoms with E-state index in [1.54, 1.807) is 12.1 Å². The molecular weight excluding hydrogens is 225 g/mol. The first kappa shape index (κ1) is 11.9. The van der Waals surface area contributed by atoms with Gasteiger partial charge < -0.3 is 5.11 Å². The van der Waals surface area contributed by atoms with Crippen LogP contribution in [0.25, 0.3) is 0 Å². The van der Waals surface area contributed by atoms with Crippen LogP contribution in [0.1, 0.15) is 11.7 Å². The predicted molar refractivity (Wildman–Crippen MR) is 65.1 cm³/mol. The maximum Gasteiger partial charge on any atom is 0.123 e. The lowest BCUT2D eigenvalue weighted by atomic mass is 10.0. The van der Waals surface area contributed by atoms with Gasteiger partial charge in [0.25, 0.3) is 0 Å². The van der Waals surface area contributed by atoms with Gasteiger partial charge in [-0.25, -0.2) is 4.39 Å². The average molecular weight is 241 g/mol. The van der Waals surface area contributed by atoms with Crippen LogP contribution in [0.3, 0.4) is 0 Å². The zero-order valence-corrected chi connectivity index (χ0v) is 10.1. The molecule has 0 aromatic heterocycles. The third-order valence-corrected chi connectivity index (χ3v) is 4.05. The van der Waals surface area contributed by atoms with Gasteiger partial charge in [0, 0.05) is 24.1 Å². The van der Waals surface area contributed by atoms with Crippen molar-refractivity contribution in [1.29, 1.82) is 0 Å². The summed E-state index contributed by atoms with van der Waals surface area (Å²) >= 11 is 1.84. The normalized spacial score (nSPS) is 24.3. The highest BCUT2D eigenvalue weighted by atomic mass is 32.2. The molecule has 0 saturated carbocycles. The van der Waals surface area contributed by atoms with E-state index < -0.39 is 6.10 Å². The number of hydrogen-bond donors (Lipinski definition) is 1. The molecule has 1 aliphatic heterocycles. The predicted octanol–water partition coefficient (Wildman–Crippen LogP) is 1.91. The lowest BCUT2D eigenvalue weighted by molar-refractivity contribution is 0.0756. The second-order valence-corrected chi connectivity index (χ2v) is 5.27. The highest BCUT2D eigenvalue weighted by molar-refractivity contribution is 7.99. The van der Waals surface area contributed by atoms with Crippen LogP contribution in [0.2, 0.25) is 0 Å². The Balaban J connectivity index is 2.14. The van der Waals surface area contributed by atoms with E-state index in [1.807, 2.05) is 18.8 Å². The number of thioether (sulfide) groups is 1. The zero-order chi connectivity index (χ0) is 11.5. The molecule has 1 fully saturated rings. The van der Waals surface area contributed by atoms with E-state index in [1.165, 1.54) is 12.1 Å². The molecule has 2 nitrogen and oxygen atoms in total. The van der Waals surface area contributed by atoms with Gasteiger partial charge in [0.15, 0.2) is 0 Å². The molecule has 1 aromatic carbocycles. The Morgan fingerprint density at radius 1 is 1.56 bits per heavy atom. The van der Waals surface area contributed by atoms with Crippen LogP contribution in [0.15, 0.2) is 24.3 Å². The standard InChI is InChI=1S/C12H16FNOS/c1-14-5-6-16-8-11(14)12(15)9-3-2-4-10(13)7-9/h2-4,7,11-12,15H,5-6,8H2,1H3. The van der Waals surface area contributed by atoms with Crippen LogP contribution in [0, 0.1) is 5.82 Å². The highest BCUT2D eigenvalue weighted by Crippen LogP contribution is 2.26. The van der Waals surface area contributed by atoms with Gasteiger partial charge >= 0.3 is 0 Å². The largest absolute Gasteiger partial charge is 0.387 e. The number of benzene rings is 1. The number of hydrogen-bond acceptors (Lipinski definition) is 3. The first-order valence-electron chi connectivity index (χ1n) is 5.40. The summed E-state index contributed by atoms with van der Waals surface area (Å²) in [7, 11) is 2.01. The van der Waals surface area contributed by atoms with Gasteiger partial charge in [0.2, 0.25) is 0 Å². The van der Waals surface area contributed by atoms with Gasteiger partial charge in [-0.1, -0.05) is 12.1 Å². The Morgan fingerprint density at radius 3 is 3.06 bits per heavy atom. The fourth-order valence-electron chi connectivity index (χ4n) is 1.95. The fraction of sp³-hybridized carbons (Fsp3) is 0.500. The van der Waals surface area contributed by atoms with Crippen LogP contribution in [0.4, 0.5) is 4.39 Å². The van der Waals surface area contributed by atoms with Crippen LogP contribution < -0.4 is 0 Å². The molecule has 1 N–H and O–H groups in total. The Morgan fingerprint density at radius 2 is 2.38 bits per heavy atom. The lowest BCUT2D eigenvalue weighted by Crippen LogP contribution is -2.43. The summed E-state index contributed by atoms with van der Waals surface area (Å²) in [6, 6.07) is 6.32. The number of rotatable bonds is 2. The first-order chi connectivity index (χ1) is 7.68. The van der Waals surface area contributed by atoms with Crippen molar-refractivity contribution in [3.05, 3.63) is 35.6 Å². The first-order valence-corrected chi connectivity index (χ1v) is 6.55. The van der Waals surface area contributed by atoms with Gasteiger partial charge in [-0.05, 0) is 24.7 Å².